The van der Waals surface area contributed by atoms with Gasteiger partial charge in [0.25, 0.3) is 0 Å². The second-order valence-electron chi connectivity index (χ2n) is 4.83. The first-order valence-corrected chi connectivity index (χ1v) is 6.82. The fraction of sp³-hybridized carbons (Fsp3) is 0.467. The lowest BCUT2D eigenvalue weighted by Gasteiger charge is -2.29. The van der Waals surface area contributed by atoms with E-state index in [9.17, 15) is 14.7 Å². The lowest BCUT2D eigenvalue weighted by atomic mass is 9.93. The number of urea groups is 1. The Labute approximate surface area is 119 Å². The number of hydrogen-bond donors (Lipinski definition) is 3. The Morgan fingerprint density at radius 1 is 1.20 bits per heavy atom. The van der Waals surface area contributed by atoms with E-state index in [1.807, 2.05) is 37.3 Å². The lowest BCUT2D eigenvalue weighted by Crippen LogP contribution is -2.56. The van der Waals surface area contributed by atoms with E-state index in [-0.39, 0.29) is 6.04 Å². The van der Waals surface area contributed by atoms with Gasteiger partial charge in [0.2, 0.25) is 0 Å². The zero-order chi connectivity index (χ0) is 15.2. The van der Waals surface area contributed by atoms with Crippen molar-refractivity contribution in [1.29, 1.82) is 0 Å². The van der Waals surface area contributed by atoms with Crippen LogP contribution in [0.3, 0.4) is 0 Å². The average Bonchev–Trinajstić information content (AvgIpc) is 2.45. The number of carboxylic acid groups (broad SMARTS) is 1. The molecule has 1 aromatic carbocycles. The third-order valence-electron chi connectivity index (χ3n) is 3.62. The summed E-state index contributed by atoms with van der Waals surface area (Å²) in [6, 6.07) is 8.86. The first kappa shape index (κ1) is 16.0. The molecule has 0 aliphatic carbocycles. The Balaban J connectivity index is 2.70. The maximum absolute atomic E-state index is 12.0. The first-order valence-electron chi connectivity index (χ1n) is 6.82. The van der Waals surface area contributed by atoms with Crippen molar-refractivity contribution < 1.29 is 14.7 Å². The third-order valence-corrected chi connectivity index (χ3v) is 3.62. The van der Waals surface area contributed by atoms with Gasteiger partial charge in [-0.25, -0.2) is 9.59 Å². The van der Waals surface area contributed by atoms with Gasteiger partial charge in [-0.15, -0.1) is 0 Å². The SMILES string of the molecule is CCC(CC)(NC(=O)NC(C)c1ccccc1)C(=O)O. The van der Waals surface area contributed by atoms with E-state index in [1.165, 1.54) is 0 Å². The third kappa shape index (κ3) is 3.73. The summed E-state index contributed by atoms with van der Waals surface area (Å²) in [6.07, 6.45) is 0.679. The first-order chi connectivity index (χ1) is 9.45. The summed E-state index contributed by atoms with van der Waals surface area (Å²) < 4.78 is 0. The highest BCUT2D eigenvalue weighted by molar-refractivity contribution is 5.86. The van der Waals surface area contributed by atoms with Crippen molar-refractivity contribution in [2.75, 3.05) is 0 Å². The monoisotopic (exact) mass is 278 g/mol. The van der Waals surface area contributed by atoms with Crippen molar-refractivity contribution in [2.24, 2.45) is 0 Å². The molecule has 5 nitrogen and oxygen atoms in total. The Hall–Kier alpha value is -2.04. The van der Waals surface area contributed by atoms with Crippen LogP contribution < -0.4 is 10.6 Å². The molecule has 2 amide bonds. The van der Waals surface area contributed by atoms with Gasteiger partial charge in [0.1, 0.15) is 5.54 Å². The van der Waals surface area contributed by atoms with Gasteiger partial charge < -0.3 is 15.7 Å². The summed E-state index contributed by atoms with van der Waals surface area (Å²) in [7, 11) is 0. The molecule has 0 bridgehead atoms. The van der Waals surface area contributed by atoms with Gasteiger partial charge >= 0.3 is 12.0 Å². The van der Waals surface area contributed by atoms with Crippen LogP contribution >= 0.6 is 0 Å². The summed E-state index contributed by atoms with van der Waals surface area (Å²) in [5.41, 5.74) is -0.239. The smallest absolute Gasteiger partial charge is 0.329 e. The van der Waals surface area contributed by atoms with E-state index in [0.717, 1.165) is 5.56 Å². The molecule has 0 saturated carbocycles. The minimum absolute atomic E-state index is 0.184. The van der Waals surface area contributed by atoms with Crippen molar-refractivity contribution >= 4 is 12.0 Å². The minimum Gasteiger partial charge on any atom is -0.480 e. The van der Waals surface area contributed by atoms with Gasteiger partial charge in [0.15, 0.2) is 0 Å². The number of rotatable bonds is 6. The van der Waals surface area contributed by atoms with Gasteiger partial charge in [-0.05, 0) is 25.3 Å². The molecular formula is C15H22N2O3. The molecule has 0 saturated heterocycles. The van der Waals surface area contributed by atoms with Crippen LogP contribution in [0.1, 0.15) is 45.2 Å². The van der Waals surface area contributed by atoms with E-state index in [2.05, 4.69) is 10.6 Å². The maximum atomic E-state index is 12.0. The van der Waals surface area contributed by atoms with Gasteiger partial charge in [-0.1, -0.05) is 44.2 Å². The molecule has 3 N–H and O–H groups in total. The normalized spacial score (nSPS) is 12.6. The number of nitrogens with one attached hydrogen (secondary N) is 2. The van der Waals surface area contributed by atoms with Crippen LogP contribution in [-0.2, 0) is 4.79 Å². The van der Waals surface area contributed by atoms with Gasteiger partial charge in [0, 0.05) is 0 Å². The van der Waals surface area contributed by atoms with E-state index in [1.54, 1.807) is 13.8 Å². The van der Waals surface area contributed by atoms with Gasteiger partial charge in [-0.3, -0.25) is 0 Å². The second-order valence-corrected chi connectivity index (χ2v) is 4.83. The molecule has 110 valence electrons. The van der Waals surface area contributed by atoms with Crippen molar-refractivity contribution in [3.63, 3.8) is 0 Å². The highest BCUT2D eigenvalue weighted by Crippen LogP contribution is 2.16. The molecule has 0 fully saturated rings. The highest BCUT2D eigenvalue weighted by atomic mass is 16.4. The molecule has 0 aromatic heterocycles. The topological polar surface area (TPSA) is 78.4 Å². The molecule has 0 spiro atoms. The highest BCUT2D eigenvalue weighted by Gasteiger charge is 2.36. The zero-order valence-corrected chi connectivity index (χ0v) is 12.1. The fourth-order valence-corrected chi connectivity index (χ4v) is 2.06. The second kappa shape index (κ2) is 6.93. The Morgan fingerprint density at radius 2 is 1.75 bits per heavy atom. The van der Waals surface area contributed by atoms with Gasteiger partial charge in [0.05, 0.1) is 6.04 Å². The summed E-state index contributed by atoms with van der Waals surface area (Å²) in [6.45, 7) is 5.35. The molecule has 0 heterocycles. The van der Waals surface area contributed by atoms with Crippen LogP contribution in [0.15, 0.2) is 30.3 Å². The number of carbonyl (C=O) groups excluding carboxylic acids is 1. The van der Waals surface area contributed by atoms with Crippen LogP contribution in [0.2, 0.25) is 0 Å². The number of aliphatic carboxylic acids is 1. The van der Waals surface area contributed by atoms with Gasteiger partial charge in [-0.2, -0.15) is 0 Å². The van der Waals surface area contributed by atoms with E-state index in [4.69, 9.17) is 0 Å². The molecule has 0 aliphatic heterocycles. The standard InChI is InChI=1S/C15H22N2O3/c1-4-15(5-2,13(18)19)17-14(20)16-11(3)12-9-7-6-8-10-12/h6-11H,4-5H2,1-3H3,(H,18,19)(H2,16,17,20). The predicted molar refractivity (Wildman–Crippen MR) is 77.5 cm³/mol. The minimum atomic E-state index is -1.21. The number of amides is 2. The molecule has 20 heavy (non-hydrogen) atoms. The summed E-state index contributed by atoms with van der Waals surface area (Å²) in [5.74, 6) is -1.01. The Bertz CT molecular complexity index is 455. The molecule has 1 aromatic rings. The Morgan fingerprint density at radius 3 is 2.20 bits per heavy atom. The summed E-state index contributed by atoms with van der Waals surface area (Å²) in [4.78, 5) is 23.3. The van der Waals surface area contributed by atoms with Crippen molar-refractivity contribution in [3.05, 3.63) is 35.9 Å². The number of carboxylic acids is 1. The van der Waals surface area contributed by atoms with Crippen LogP contribution in [0.5, 0.6) is 0 Å². The van der Waals surface area contributed by atoms with E-state index < -0.39 is 17.5 Å². The quantitative estimate of drug-likeness (QED) is 0.748. The molecule has 1 rings (SSSR count). The lowest BCUT2D eigenvalue weighted by molar-refractivity contribution is -0.144. The fourth-order valence-electron chi connectivity index (χ4n) is 2.06. The van der Waals surface area contributed by atoms with Crippen molar-refractivity contribution in [1.82, 2.24) is 10.6 Å². The van der Waals surface area contributed by atoms with E-state index >= 15 is 0 Å². The summed E-state index contributed by atoms with van der Waals surface area (Å²) in [5, 5.41) is 14.6. The zero-order valence-electron chi connectivity index (χ0n) is 12.1. The van der Waals surface area contributed by atoms with Crippen LogP contribution in [0, 0.1) is 0 Å². The molecule has 1 atom stereocenters. The van der Waals surface area contributed by atoms with Crippen LogP contribution in [-0.4, -0.2) is 22.6 Å². The van der Waals surface area contributed by atoms with E-state index in [0.29, 0.717) is 12.8 Å². The molecule has 0 aliphatic rings. The van der Waals surface area contributed by atoms with Crippen molar-refractivity contribution in [2.45, 2.75) is 45.2 Å². The predicted octanol–water partition coefficient (Wildman–Crippen LogP) is 2.69. The summed E-state index contributed by atoms with van der Waals surface area (Å²) >= 11 is 0. The molecule has 0 radical (unpaired) electrons. The largest absolute Gasteiger partial charge is 0.480 e. The maximum Gasteiger partial charge on any atom is 0.329 e. The van der Waals surface area contributed by atoms with Crippen LogP contribution in [0.4, 0.5) is 4.79 Å². The Kier molecular flexibility index (Phi) is 5.55. The number of benzene rings is 1. The number of hydrogen-bond acceptors (Lipinski definition) is 2. The molecular weight excluding hydrogens is 256 g/mol. The average molecular weight is 278 g/mol. The van der Waals surface area contributed by atoms with Crippen LogP contribution in [0.25, 0.3) is 0 Å². The molecule has 1 unspecified atom stereocenters. The van der Waals surface area contributed by atoms with Crippen molar-refractivity contribution in [3.8, 4) is 0 Å². The number of carbonyl (C=O) groups is 2. The molecule has 5 heteroatoms.